The largest absolute Gasteiger partial charge is 0.349 e. The van der Waals surface area contributed by atoms with Crippen LogP contribution in [-0.2, 0) is 22.6 Å². The van der Waals surface area contributed by atoms with Crippen LogP contribution in [0.3, 0.4) is 0 Å². The normalized spacial score (nSPS) is 19.6. The van der Waals surface area contributed by atoms with Gasteiger partial charge >= 0.3 is 0 Å². The van der Waals surface area contributed by atoms with E-state index >= 15 is 0 Å². The maximum absolute atomic E-state index is 13.7. The molecule has 2 N–H and O–H groups in total. The highest BCUT2D eigenvalue weighted by Crippen LogP contribution is 2.26. The van der Waals surface area contributed by atoms with Gasteiger partial charge in [-0.25, -0.2) is 0 Å². The summed E-state index contributed by atoms with van der Waals surface area (Å²) in [6, 6.07) is 25.4. The second-order valence-electron chi connectivity index (χ2n) is 12.7. The minimum atomic E-state index is -0.533. The molecule has 0 unspecified atom stereocenters. The lowest BCUT2D eigenvalue weighted by molar-refractivity contribution is -0.132. The summed E-state index contributed by atoms with van der Waals surface area (Å²) in [7, 11) is 0. The molecule has 3 aromatic carbocycles. The molecule has 2 aliphatic rings. The molecule has 1 aliphatic heterocycles. The van der Waals surface area contributed by atoms with Gasteiger partial charge in [0.1, 0.15) is 0 Å². The molecule has 1 saturated carbocycles. The zero-order valence-electron chi connectivity index (χ0n) is 25.6. The van der Waals surface area contributed by atoms with Gasteiger partial charge in [0.25, 0.3) is 5.91 Å². The summed E-state index contributed by atoms with van der Waals surface area (Å²) < 4.78 is 0. The molecule has 43 heavy (non-hydrogen) atoms. The second-order valence-corrected chi connectivity index (χ2v) is 12.7. The summed E-state index contributed by atoms with van der Waals surface area (Å²) in [6.45, 7) is 6.12. The molecule has 1 fully saturated rings. The van der Waals surface area contributed by atoms with Crippen molar-refractivity contribution in [1.82, 2.24) is 15.5 Å². The van der Waals surface area contributed by atoms with Gasteiger partial charge in [-0.1, -0.05) is 93.4 Å². The molecule has 5 rings (SSSR count). The van der Waals surface area contributed by atoms with Crippen molar-refractivity contribution in [2.75, 3.05) is 13.1 Å². The van der Waals surface area contributed by atoms with Crippen LogP contribution in [0.25, 0.3) is 11.1 Å². The van der Waals surface area contributed by atoms with Crippen LogP contribution in [0.1, 0.15) is 73.9 Å². The average Bonchev–Trinajstić information content (AvgIpc) is 3.23. The molecule has 1 heterocycles. The molecule has 6 heteroatoms. The highest BCUT2D eigenvalue weighted by Gasteiger charge is 2.35. The zero-order chi connectivity index (χ0) is 30.2. The lowest BCUT2D eigenvalue weighted by Gasteiger charge is -2.33. The second kappa shape index (κ2) is 14.6. The van der Waals surface area contributed by atoms with E-state index in [2.05, 4.69) is 53.6 Å². The molecular formula is C37H45N3O3. The minimum absolute atomic E-state index is 0.0660. The van der Waals surface area contributed by atoms with E-state index in [1.54, 1.807) is 0 Å². The number of hydrogen-bond donors (Lipinski definition) is 2. The Morgan fingerprint density at radius 1 is 0.814 bits per heavy atom. The highest BCUT2D eigenvalue weighted by atomic mass is 16.2. The van der Waals surface area contributed by atoms with Crippen LogP contribution in [0.2, 0.25) is 0 Å². The number of aryl methyl sites for hydroxylation is 1. The van der Waals surface area contributed by atoms with Crippen molar-refractivity contribution >= 4 is 17.6 Å². The van der Waals surface area contributed by atoms with Crippen molar-refractivity contribution in [2.24, 2.45) is 11.8 Å². The standard InChI is InChI=1S/C37H45N3O3/c1-26(2)23-34(35(41)25-40-22-10-15-28-13-6-7-14-31(28)24-40)39-37(43)32-16-8-9-17-33(32)38-36(42)30-20-18-29(19-21-30)27-11-4-3-5-12-27/h3-7,11-14,18-21,26,32-34H,8-10,15-17,22-25H2,1-2H3,(H,38,42)(H,39,43)/t32-,33+,34+/m1/s1. The Hall–Kier alpha value is -3.77. The van der Waals surface area contributed by atoms with E-state index in [-0.39, 0.29) is 35.5 Å². The van der Waals surface area contributed by atoms with Gasteiger partial charge in [0.15, 0.2) is 5.78 Å². The maximum Gasteiger partial charge on any atom is 0.251 e. The average molecular weight is 580 g/mol. The number of carbonyl (C=O) groups is 3. The maximum atomic E-state index is 13.7. The van der Waals surface area contributed by atoms with E-state index < -0.39 is 6.04 Å². The number of benzene rings is 3. The van der Waals surface area contributed by atoms with Crippen molar-refractivity contribution in [2.45, 2.75) is 77.4 Å². The number of fused-ring (bicyclic) bond motifs is 1. The fourth-order valence-corrected chi connectivity index (χ4v) is 6.57. The van der Waals surface area contributed by atoms with Gasteiger partial charge in [-0.2, -0.15) is 0 Å². The highest BCUT2D eigenvalue weighted by molar-refractivity contribution is 5.96. The Balaban J connectivity index is 1.22. The third kappa shape index (κ3) is 8.20. The van der Waals surface area contributed by atoms with Crippen molar-refractivity contribution in [3.05, 3.63) is 95.6 Å². The molecule has 2 amide bonds. The molecule has 3 aromatic rings. The first-order chi connectivity index (χ1) is 20.9. The SMILES string of the molecule is CC(C)C[C@H](NC(=O)[C@@H]1CCCC[C@@H]1NC(=O)c1ccc(-c2ccccc2)cc1)C(=O)CN1CCCc2ccccc2C1. The van der Waals surface area contributed by atoms with E-state index in [4.69, 9.17) is 0 Å². The summed E-state index contributed by atoms with van der Waals surface area (Å²) in [5, 5.41) is 6.30. The van der Waals surface area contributed by atoms with Crippen LogP contribution >= 0.6 is 0 Å². The predicted octanol–water partition coefficient (Wildman–Crippen LogP) is 6.19. The molecule has 3 atom stereocenters. The zero-order valence-corrected chi connectivity index (χ0v) is 25.6. The number of ketones is 1. The summed E-state index contributed by atoms with van der Waals surface area (Å²) >= 11 is 0. The quantitative estimate of drug-likeness (QED) is 0.300. The van der Waals surface area contributed by atoms with Crippen LogP contribution in [0.5, 0.6) is 0 Å². The lowest BCUT2D eigenvalue weighted by Crippen LogP contribution is -2.53. The van der Waals surface area contributed by atoms with Crippen molar-refractivity contribution < 1.29 is 14.4 Å². The van der Waals surface area contributed by atoms with Crippen LogP contribution in [0.15, 0.2) is 78.9 Å². The first-order valence-electron chi connectivity index (χ1n) is 16.0. The minimum Gasteiger partial charge on any atom is -0.349 e. The number of nitrogens with zero attached hydrogens (tertiary/aromatic N) is 1. The number of carbonyl (C=O) groups excluding carboxylic acids is 3. The summed E-state index contributed by atoms with van der Waals surface area (Å²) in [4.78, 5) is 42.8. The Bertz CT molecular complexity index is 1390. The van der Waals surface area contributed by atoms with Crippen LogP contribution in [0.4, 0.5) is 0 Å². The van der Waals surface area contributed by atoms with Crippen LogP contribution in [-0.4, -0.2) is 47.7 Å². The van der Waals surface area contributed by atoms with Gasteiger partial charge in [-0.05, 0) is 79.0 Å². The number of nitrogens with one attached hydrogen (secondary N) is 2. The van der Waals surface area contributed by atoms with Gasteiger partial charge in [0.05, 0.1) is 18.5 Å². The van der Waals surface area contributed by atoms with Crippen molar-refractivity contribution in [3.63, 3.8) is 0 Å². The van der Waals surface area contributed by atoms with Gasteiger partial charge in [-0.15, -0.1) is 0 Å². The Morgan fingerprint density at radius 2 is 1.49 bits per heavy atom. The molecule has 0 spiro atoms. The van der Waals surface area contributed by atoms with E-state index in [9.17, 15) is 14.4 Å². The number of hydrogen-bond acceptors (Lipinski definition) is 4. The molecule has 0 radical (unpaired) electrons. The Labute approximate surface area is 256 Å². The first kappa shape index (κ1) is 30.7. The third-order valence-corrected chi connectivity index (χ3v) is 8.90. The van der Waals surface area contributed by atoms with Crippen LogP contribution < -0.4 is 10.6 Å². The Kier molecular flexibility index (Phi) is 10.4. The molecular weight excluding hydrogens is 534 g/mol. The summed E-state index contributed by atoms with van der Waals surface area (Å²) in [6.07, 6.45) is 6.01. The topological polar surface area (TPSA) is 78.5 Å². The molecule has 0 bridgehead atoms. The smallest absolute Gasteiger partial charge is 0.251 e. The van der Waals surface area contributed by atoms with Gasteiger partial charge in [0, 0.05) is 18.2 Å². The van der Waals surface area contributed by atoms with Gasteiger partial charge in [0.2, 0.25) is 5.91 Å². The van der Waals surface area contributed by atoms with Gasteiger partial charge in [-0.3, -0.25) is 19.3 Å². The molecule has 1 aliphatic carbocycles. The molecule has 0 aromatic heterocycles. The fourth-order valence-electron chi connectivity index (χ4n) is 6.57. The van der Waals surface area contributed by atoms with Crippen molar-refractivity contribution in [3.8, 4) is 11.1 Å². The van der Waals surface area contributed by atoms with E-state index in [0.29, 0.717) is 24.9 Å². The molecule has 0 saturated heterocycles. The lowest BCUT2D eigenvalue weighted by atomic mass is 9.83. The molecule has 6 nitrogen and oxygen atoms in total. The molecule has 226 valence electrons. The van der Waals surface area contributed by atoms with E-state index in [1.165, 1.54) is 11.1 Å². The van der Waals surface area contributed by atoms with E-state index in [1.807, 2.05) is 54.6 Å². The monoisotopic (exact) mass is 579 g/mol. The summed E-state index contributed by atoms with van der Waals surface area (Å²) in [5.74, 6) is -0.310. The number of amides is 2. The Morgan fingerprint density at radius 3 is 2.23 bits per heavy atom. The number of Topliss-reactive ketones (excluding diaryl/α,β-unsaturated/α-hetero) is 1. The fraction of sp³-hybridized carbons (Fsp3) is 0.432. The van der Waals surface area contributed by atoms with Gasteiger partial charge < -0.3 is 10.6 Å². The van der Waals surface area contributed by atoms with Crippen molar-refractivity contribution in [1.29, 1.82) is 0 Å². The predicted molar refractivity (Wildman–Crippen MR) is 172 cm³/mol. The van der Waals surface area contributed by atoms with Crippen LogP contribution in [0, 0.1) is 11.8 Å². The first-order valence-corrected chi connectivity index (χ1v) is 16.0. The third-order valence-electron chi connectivity index (χ3n) is 8.90. The summed E-state index contributed by atoms with van der Waals surface area (Å²) in [5.41, 5.74) is 5.38. The van der Waals surface area contributed by atoms with E-state index in [0.717, 1.165) is 56.3 Å². The number of rotatable bonds is 10.